The highest BCUT2D eigenvalue weighted by atomic mass is 35.5. The Kier molecular flexibility index (Phi) is 6.18. The lowest BCUT2D eigenvalue weighted by Gasteiger charge is -2.24. The van der Waals surface area contributed by atoms with E-state index in [0.717, 1.165) is 0 Å². The number of likely N-dealkylation sites (N-methyl/N-ethyl adjacent to an activating group) is 1. The molecule has 0 radical (unpaired) electrons. The number of nitrogens with one attached hydrogen (secondary N) is 1. The minimum absolute atomic E-state index is 0.0733. The molecule has 5 nitrogen and oxygen atoms in total. The van der Waals surface area contributed by atoms with E-state index in [1.54, 1.807) is 27.8 Å². The second-order valence-electron chi connectivity index (χ2n) is 4.39. The third-order valence-electron chi connectivity index (χ3n) is 1.60. The summed E-state index contributed by atoms with van der Waals surface area (Å²) in [5, 5.41) is 2.56. The predicted molar refractivity (Wildman–Crippen MR) is 62.6 cm³/mol. The Labute approximate surface area is 101 Å². The third kappa shape index (κ3) is 7.34. The first kappa shape index (κ1) is 15.0. The number of hydrogen-bond donors (Lipinski definition) is 1. The van der Waals surface area contributed by atoms with E-state index in [-0.39, 0.29) is 11.8 Å². The SMILES string of the molecule is CN(CCNC(=O)CCl)C(=O)OC(C)(C)C. The Bertz CT molecular complexity index is 251. The summed E-state index contributed by atoms with van der Waals surface area (Å²) in [6.07, 6.45) is -0.410. The highest BCUT2D eigenvalue weighted by molar-refractivity contribution is 6.27. The van der Waals surface area contributed by atoms with Crippen molar-refractivity contribution in [2.24, 2.45) is 0 Å². The van der Waals surface area contributed by atoms with Gasteiger partial charge < -0.3 is 15.0 Å². The van der Waals surface area contributed by atoms with Gasteiger partial charge in [-0.3, -0.25) is 4.79 Å². The fourth-order valence-corrected chi connectivity index (χ4v) is 0.936. The van der Waals surface area contributed by atoms with Gasteiger partial charge in [0, 0.05) is 20.1 Å². The first-order valence-electron chi connectivity index (χ1n) is 5.03. The van der Waals surface area contributed by atoms with Crippen molar-refractivity contribution in [1.82, 2.24) is 10.2 Å². The summed E-state index contributed by atoms with van der Waals surface area (Å²) in [6, 6.07) is 0. The van der Waals surface area contributed by atoms with Crippen LogP contribution in [0.15, 0.2) is 0 Å². The van der Waals surface area contributed by atoms with E-state index in [1.807, 2.05) is 0 Å². The number of amides is 2. The maximum Gasteiger partial charge on any atom is 0.410 e. The van der Waals surface area contributed by atoms with Gasteiger partial charge in [0.25, 0.3) is 0 Å². The predicted octanol–water partition coefficient (Wildman–Crippen LogP) is 1.21. The minimum atomic E-state index is -0.509. The van der Waals surface area contributed by atoms with Crippen LogP contribution in [0, 0.1) is 0 Å². The van der Waals surface area contributed by atoms with Crippen molar-refractivity contribution < 1.29 is 14.3 Å². The molecule has 1 N–H and O–H groups in total. The maximum absolute atomic E-state index is 11.5. The second kappa shape index (κ2) is 6.58. The molecule has 0 fully saturated rings. The van der Waals surface area contributed by atoms with Gasteiger partial charge in [-0.25, -0.2) is 4.79 Å². The van der Waals surface area contributed by atoms with Crippen LogP contribution in [0.5, 0.6) is 0 Å². The summed E-state index contributed by atoms with van der Waals surface area (Å²) < 4.78 is 5.13. The maximum atomic E-state index is 11.5. The number of alkyl halides is 1. The molecule has 0 heterocycles. The molecule has 6 heteroatoms. The lowest BCUT2D eigenvalue weighted by Crippen LogP contribution is -2.39. The summed E-state index contributed by atoms with van der Waals surface area (Å²) >= 11 is 5.30. The number of rotatable bonds is 4. The molecular formula is C10H19ClN2O3. The zero-order valence-electron chi connectivity index (χ0n) is 10.2. The van der Waals surface area contributed by atoms with E-state index in [9.17, 15) is 9.59 Å². The molecule has 2 amide bonds. The van der Waals surface area contributed by atoms with Gasteiger partial charge in [0.1, 0.15) is 11.5 Å². The van der Waals surface area contributed by atoms with Gasteiger partial charge in [-0.15, -0.1) is 11.6 Å². The zero-order chi connectivity index (χ0) is 12.8. The van der Waals surface area contributed by atoms with Gasteiger partial charge in [0.2, 0.25) is 5.91 Å². The van der Waals surface area contributed by atoms with Gasteiger partial charge in [-0.2, -0.15) is 0 Å². The quantitative estimate of drug-likeness (QED) is 0.763. The molecule has 0 saturated carbocycles. The fourth-order valence-electron chi connectivity index (χ4n) is 0.841. The zero-order valence-corrected chi connectivity index (χ0v) is 10.9. The summed E-state index contributed by atoms with van der Waals surface area (Å²) in [7, 11) is 1.61. The molecule has 0 aliphatic rings. The van der Waals surface area contributed by atoms with Crippen LogP contribution < -0.4 is 5.32 Å². The van der Waals surface area contributed by atoms with Crippen LogP contribution in [0.1, 0.15) is 20.8 Å². The number of halogens is 1. The highest BCUT2D eigenvalue weighted by Crippen LogP contribution is 2.08. The Morgan fingerprint density at radius 2 is 1.94 bits per heavy atom. The van der Waals surface area contributed by atoms with Crippen LogP contribution in [-0.4, -0.2) is 48.5 Å². The van der Waals surface area contributed by atoms with Crippen LogP contribution in [0.2, 0.25) is 0 Å². The largest absolute Gasteiger partial charge is 0.444 e. The molecule has 0 aromatic carbocycles. The fraction of sp³-hybridized carbons (Fsp3) is 0.800. The molecule has 16 heavy (non-hydrogen) atoms. The Morgan fingerprint density at radius 3 is 2.38 bits per heavy atom. The Hall–Kier alpha value is -0.970. The highest BCUT2D eigenvalue weighted by Gasteiger charge is 2.19. The van der Waals surface area contributed by atoms with E-state index in [0.29, 0.717) is 13.1 Å². The standard InChI is InChI=1S/C10H19ClN2O3/c1-10(2,3)16-9(15)13(4)6-5-12-8(14)7-11/h5-7H2,1-4H3,(H,12,14). The number of carbonyl (C=O) groups is 2. The average Bonchev–Trinajstić information content (AvgIpc) is 2.14. The number of ether oxygens (including phenoxy) is 1. The van der Waals surface area contributed by atoms with E-state index in [1.165, 1.54) is 4.90 Å². The summed E-state index contributed by atoms with van der Waals surface area (Å²) in [6.45, 7) is 6.15. The van der Waals surface area contributed by atoms with E-state index in [2.05, 4.69) is 5.32 Å². The molecular weight excluding hydrogens is 232 g/mol. The van der Waals surface area contributed by atoms with Gasteiger partial charge in [-0.05, 0) is 20.8 Å². The van der Waals surface area contributed by atoms with Crippen LogP contribution in [0.3, 0.4) is 0 Å². The summed E-state index contributed by atoms with van der Waals surface area (Å²) in [5.41, 5.74) is -0.509. The molecule has 0 rings (SSSR count). The van der Waals surface area contributed by atoms with Crippen molar-refractivity contribution in [2.45, 2.75) is 26.4 Å². The van der Waals surface area contributed by atoms with Crippen LogP contribution in [0.25, 0.3) is 0 Å². The first-order chi connectivity index (χ1) is 7.26. The second-order valence-corrected chi connectivity index (χ2v) is 4.65. The molecule has 0 aliphatic heterocycles. The first-order valence-corrected chi connectivity index (χ1v) is 5.56. The minimum Gasteiger partial charge on any atom is -0.444 e. The lowest BCUT2D eigenvalue weighted by atomic mass is 10.2. The summed E-state index contributed by atoms with van der Waals surface area (Å²) in [4.78, 5) is 23.7. The molecule has 0 spiro atoms. The van der Waals surface area contributed by atoms with Crippen molar-refractivity contribution in [2.75, 3.05) is 26.0 Å². The molecule has 0 saturated heterocycles. The number of nitrogens with zero attached hydrogens (tertiary/aromatic N) is 1. The van der Waals surface area contributed by atoms with Gasteiger partial charge in [0.05, 0.1) is 0 Å². The smallest absolute Gasteiger partial charge is 0.410 e. The normalized spacial score (nSPS) is 10.8. The average molecular weight is 251 g/mol. The molecule has 94 valence electrons. The van der Waals surface area contributed by atoms with Crippen LogP contribution >= 0.6 is 11.6 Å². The van der Waals surface area contributed by atoms with E-state index >= 15 is 0 Å². The van der Waals surface area contributed by atoms with Crippen LogP contribution in [-0.2, 0) is 9.53 Å². The monoisotopic (exact) mass is 250 g/mol. The van der Waals surface area contributed by atoms with Crippen molar-refractivity contribution in [3.05, 3.63) is 0 Å². The topological polar surface area (TPSA) is 58.6 Å². The van der Waals surface area contributed by atoms with Gasteiger partial charge >= 0.3 is 6.09 Å². The molecule has 0 aliphatic carbocycles. The number of carbonyl (C=O) groups excluding carboxylic acids is 2. The van der Waals surface area contributed by atoms with Crippen molar-refractivity contribution in [3.63, 3.8) is 0 Å². The molecule has 0 unspecified atom stereocenters. The van der Waals surface area contributed by atoms with Crippen molar-refractivity contribution >= 4 is 23.6 Å². The van der Waals surface area contributed by atoms with E-state index < -0.39 is 11.7 Å². The van der Waals surface area contributed by atoms with Gasteiger partial charge in [-0.1, -0.05) is 0 Å². The van der Waals surface area contributed by atoms with Crippen molar-refractivity contribution in [1.29, 1.82) is 0 Å². The van der Waals surface area contributed by atoms with Crippen molar-refractivity contribution in [3.8, 4) is 0 Å². The molecule has 0 aromatic rings. The third-order valence-corrected chi connectivity index (χ3v) is 1.84. The van der Waals surface area contributed by atoms with E-state index in [4.69, 9.17) is 16.3 Å². The molecule has 0 aromatic heterocycles. The lowest BCUT2D eigenvalue weighted by molar-refractivity contribution is -0.118. The van der Waals surface area contributed by atoms with Gasteiger partial charge in [0.15, 0.2) is 0 Å². The Balaban J connectivity index is 3.84. The number of hydrogen-bond acceptors (Lipinski definition) is 3. The van der Waals surface area contributed by atoms with Crippen LogP contribution in [0.4, 0.5) is 4.79 Å². The molecule has 0 bridgehead atoms. The summed E-state index contributed by atoms with van der Waals surface area (Å²) in [5.74, 6) is -0.324. The Morgan fingerprint density at radius 1 is 1.38 bits per heavy atom. The molecule has 0 atom stereocenters.